The van der Waals surface area contributed by atoms with Crippen LogP contribution in [0.5, 0.6) is 0 Å². The Morgan fingerprint density at radius 2 is 2.31 bits per heavy atom. The number of nitrogens with zero attached hydrogens (tertiary/aromatic N) is 1. The molecule has 1 unspecified atom stereocenters. The second-order valence-electron chi connectivity index (χ2n) is 3.59. The van der Waals surface area contributed by atoms with Crippen LogP contribution in [0.2, 0.25) is 0 Å². The first-order valence-electron chi connectivity index (χ1n) is 5.34. The van der Waals surface area contributed by atoms with Gasteiger partial charge >= 0.3 is 6.09 Å². The number of aliphatic hydroxyl groups excluding tert-OH is 1. The first kappa shape index (κ1) is 13.0. The molecule has 1 amide bonds. The first-order valence-corrected chi connectivity index (χ1v) is 6.22. The summed E-state index contributed by atoms with van der Waals surface area (Å²) in [5, 5.41) is 20.6. The molecule has 5 heteroatoms. The number of aliphatic hydroxyl groups is 1. The summed E-state index contributed by atoms with van der Waals surface area (Å²) < 4.78 is 0. The van der Waals surface area contributed by atoms with E-state index in [4.69, 9.17) is 5.11 Å². The predicted octanol–water partition coefficient (Wildman–Crippen LogP) is 2.56. The van der Waals surface area contributed by atoms with Gasteiger partial charge in [0.1, 0.15) is 0 Å². The van der Waals surface area contributed by atoms with Gasteiger partial charge in [-0.25, -0.2) is 4.79 Å². The Morgan fingerprint density at radius 3 is 2.81 bits per heavy atom. The monoisotopic (exact) mass is 243 g/mol. The van der Waals surface area contributed by atoms with E-state index in [1.807, 2.05) is 24.4 Å². The highest BCUT2D eigenvalue weighted by Crippen LogP contribution is 2.21. The number of carboxylic acid groups (broad SMARTS) is 1. The number of hydrogen-bond acceptors (Lipinski definition) is 3. The van der Waals surface area contributed by atoms with Crippen LogP contribution in [-0.4, -0.2) is 34.3 Å². The van der Waals surface area contributed by atoms with Gasteiger partial charge in [-0.3, -0.25) is 0 Å². The van der Waals surface area contributed by atoms with Crippen LogP contribution in [0.3, 0.4) is 0 Å². The van der Waals surface area contributed by atoms with Crippen LogP contribution in [0.25, 0.3) is 0 Å². The molecule has 90 valence electrons. The molecular weight excluding hydrogens is 226 g/mol. The van der Waals surface area contributed by atoms with Crippen molar-refractivity contribution in [2.75, 3.05) is 13.1 Å². The fourth-order valence-electron chi connectivity index (χ4n) is 1.47. The van der Waals surface area contributed by atoms with E-state index in [1.54, 1.807) is 0 Å². The zero-order valence-corrected chi connectivity index (χ0v) is 10.1. The summed E-state index contributed by atoms with van der Waals surface area (Å²) in [5.41, 5.74) is 0. The number of rotatable bonds is 6. The van der Waals surface area contributed by atoms with Gasteiger partial charge < -0.3 is 15.1 Å². The summed E-state index contributed by atoms with van der Waals surface area (Å²) >= 11 is 1.49. The van der Waals surface area contributed by atoms with Gasteiger partial charge in [0.15, 0.2) is 0 Å². The van der Waals surface area contributed by atoms with Crippen molar-refractivity contribution in [3.63, 3.8) is 0 Å². The van der Waals surface area contributed by atoms with Crippen LogP contribution < -0.4 is 0 Å². The lowest BCUT2D eigenvalue weighted by molar-refractivity contribution is 0.122. The lowest BCUT2D eigenvalue weighted by Crippen LogP contribution is -2.31. The lowest BCUT2D eigenvalue weighted by Gasteiger charge is -2.19. The van der Waals surface area contributed by atoms with E-state index in [0.29, 0.717) is 19.5 Å². The van der Waals surface area contributed by atoms with Crippen molar-refractivity contribution in [2.24, 2.45) is 0 Å². The Labute approximate surface area is 99.1 Å². The van der Waals surface area contributed by atoms with Crippen molar-refractivity contribution in [3.8, 4) is 0 Å². The Kier molecular flexibility index (Phi) is 5.28. The van der Waals surface area contributed by atoms with E-state index >= 15 is 0 Å². The lowest BCUT2D eigenvalue weighted by atomic mass is 10.2. The maximum atomic E-state index is 10.8. The molecule has 0 saturated carbocycles. The molecule has 0 bridgehead atoms. The van der Waals surface area contributed by atoms with Gasteiger partial charge in [0, 0.05) is 18.0 Å². The van der Waals surface area contributed by atoms with Crippen molar-refractivity contribution < 1.29 is 15.0 Å². The fourth-order valence-corrected chi connectivity index (χ4v) is 2.22. The highest BCUT2D eigenvalue weighted by atomic mass is 32.1. The quantitative estimate of drug-likeness (QED) is 0.807. The summed E-state index contributed by atoms with van der Waals surface area (Å²) in [5.74, 6) is 0. The molecule has 0 aliphatic carbocycles. The number of carbonyl (C=O) groups is 1. The largest absolute Gasteiger partial charge is 0.465 e. The molecule has 1 aromatic heterocycles. The zero-order chi connectivity index (χ0) is 12.0. The predicted molar refractivity (Wildman–Crippen MR) is 63.8 cm³/mol. The SMILES string of the molecule is CCCN(CCC(O)c1cccs1)C(=O)O. The molecule has 0 aliphatic heterocycles. The highest BCUT2D eigenvalue weighted by Gasteiger charge is 2.14. The van der Waals surface area contributed by atoms with Crippen LogP contribution in [0.4, 0.5) is 4.79 Å². The molecule has 1 rings (SSSR count). The van der Waals surface area contributed by atoms with Gasteiger partial charge in [0.25, 0.3) is 0 Å². The maximum Gasteiger partial charge on any atom is 0.407 e. The number of thiophene rings is 1. The Hall–Kier alpha value is -1.07. The molecule has 4 nitrogen and oxygen atoms in total. The molecule has 0 radical (unpaired) electrons. The van der Waals surface area contributed by atoms with Crippen molar-refractivity contribution >= 4 is 17.4 Å². The van der Waals surface area contributed by atoms with E-state index in [2.05, 4.69) is 0 Å². The molecule has 0 aliphatic rings. The molecule has 1 heterocycles. The van der Waals surface area contributed by atoms with Crippen LogP contribution in [0, 0.1) is 0 Å². The molecule has 0 spiro atoms. The van der Waals surface area contributed by atoms with Crippen molar-refractivity contribution in [1.29, 1.82) is 0 Å². The van der Waals surface area contributed by atoms with Crippen LogP contribution >= 0.6 is 11.3 Å². The molecule has 1 atom stereocenters. The van der Waals surface area contributed by atoms with Gasteiger partial charge in [-0.05, 0) is 24.3 Å². The van der Waals surface area contributed by atoms with Crippen molar-refractivity contribution in [1.82, 2.24) is 4.90 Å². The summed E-state index contributed by atoms with van der Waals surface area (Å²) in [6.45, 7) is 2.83. The second-order valence-corrected chi connectivity index (χ2v) is 4.57. The maximum absolute atomic E-state index is 10.8. The Balaban J connectivity index is 2.40. The van der Waals surface area contributed by atoms with Crippen molar-refractivity contribution in [3.05, 3.63) is 22.4 Å². The third-order valence-electron chi connectivity index (χ3n) is 2.31. The normalized spacial score (nSPS) is 12.4. The van der Waals surface area contributed by atoms with Crippen LogP contribution in [0.15, 0.2) is 17.5 Å². The van der Waals surface area contributed by atoms with Gasteiger partial charge in [-0.2, -0.15) is 0 Å². The summed E-state index contributed by atoms with van der Waals surface area (Å²) in [6, 6.07) is 3.74. The standard InChI is InChI=1S/C11H17NO3S/c1-2-6-12(11(14)15)7-5-9(13)10-4-3-8-16-10/h3-4,8-9,13H,2,5-7H2,1H3,(H,14,15). The highest BCUT2D eigenvalue weighted by molar-refractivity contribution is 7.10. The second kappa shape index (κ2) is 6.50. The summed E-state index contributed by atoms with van der Waals surface area (Å²) in [4.78, 5) is 13.1. The van der Waals surface area contributed by atoms with Gasteiger partial charge in [-0.15, -0.1) is 11.3 Å². The van der Waals surface area contributed by atoms with E-state index in [0.717, 1.165) is 11.3 Å². The van der Waals surface area contributed by atoms with Crippen LogP contribution in [-0.2, 0) is 0 Å². The number of amides is 1. The van der Waals surface area contributed by atoms with E-state index < -0.39 is 12.2 Å². The van der Waals surface area contributed by atoms with Crippen molar-refractivity contribution in [2.45, 2.75) is 25.9 Å². The molecular formula is C11H17NO3S. The summed E-state index contributed by atoms with van der Waals surface area (Å²) in [7, 11) is 0. The molecule has 0 saturated heterocycles. The molecule has 2 N–H and O–H groups in total. The third kappa shape index (κ3) is 3.83. The Bertz CT molecular complexity index is 313. The smallest absolute Gasteiger partial charge is 0.407 e. The number of hydrogen-bond donors (Lipinski definition) is 2. The van der Waals surface area contributed by atoms with Gasteiger partial charge in [-0.1, -0.05) is 13.0 Å². The Morgan fingerprint density at radius 1 is 1.56 bits per heavy atom. The zero-order valence-electron chi connectivity index (χ0n) is 9.30. The molecule has 0 aromatic carbocycles. The topological polar surface area (TPSA) is 60.8 Å². The average molecular weight is 243 g/mol. The van der Waals surface area contributed by atoms with Gasteiger partial charge in [0.05, 0.1) is 6.10 Å². The molecule has 16 heavy (non-hydrogen) atoms. The van der Waals surface area contributed by atoms with E-state index in [-0.39, 0.29) is 0 Å². The average Bonchev–Trinajstić information content (AvgIpc) is 2.76. The molecule has 1 aromatic rings. The fraction of sp³-hybridized carbons (Fsp3) is 0.545. The minimum Gasteiger partial charge on any atom is -0.465 e. The summed E-state index contributed by atoms with van der Waals surface area (Å²) in [6.07, 6.45) is -0.229. The first-order chi connectivity index (χ1) is 7.65. The van der Waals surface area contributed by atoms with E-state index in [9.17, 15) is 9.90 Å². The molecule has 0 fully saturated rings. The van der Waals surface area contributed by atoms with E-state index in [1.165, 1.54) is 16.2 Å². The minimum absolute atomic E-state index is 0.377. The minimum atomic E-state index is -0.916. The van der Waals surface area contributed by atoms with Crippen LogP contribution in [0.1, 0.15) is 30.7 Å². The van der Waals surface area contributed by atoms with Gasteiger partial charge in [0.2, 0.25) is 0 Å². The third-order valence-corrected chi connectivity index (χ3v) is 3.28.